The summed E-state index contributed by atoms with van der Waals surface area (Å²) in [6, 6.07) is 2.88. The van der Waals surface area contributed by atoms with Crippen LogP contribution in [0.4, 0.5) is 4.39 Å². The average molecular weight is 332 g/mol. The number of thioether (sulfide) groups is 1. The molecule has 1 aromatic rings. The van der Waals surface area contributed by atoms with E-state index in [1.807, 2.05) is 11.8 Å². The molecular weight excluding hydrogens is 311 g/mol. The molecule has 2 rings (SSSR count). The Labute approximate surface area is 129 Å². The summed E-state index contributed by atoms with van der Waals surface area (Å²) in [7, 11) is -1.94. The molecule has 1 heterocycles. The standard InChI is InChI=1S/C14H21FN2O2S2/c1-10-13(15)7-11(9-16-2)8-14(10)21(18,19)17-12-3-5-20-6-4-12/h7-8,12,16-17H,3-6,9H2,1-2H3. The fourth-order valence-electron chi connectivity index (χ4n) is 2.39. The predicted octanol–water partition coefficient (Wildman–Crippen LogP) is 2.03. The Bertz CT molecular complexity index is 599. The van der Waals surface area contributed by atoms with Gasteiger partial charge in [0.05, 0.1) is 4.90 Å². The first kappa shape index (κ1) is 16.7. The molecule has 0 amide bonds. The van der Waals surface area contributed by atoms with Crippen molar-refractivity contribution in [2.75, 3.05) is 18.6 Å². The van der Waals surface area contributed by atoms with Gasteiger partial charge in [-0.15, -0.1) is 0 Å². The summed E-state index contributed by atoms with van der Waals surface area (Å²) in [5.74, 6) is 1.43. The van der Waals surface area contributed by atoms with E-state index in [-0.39, 0.29) is 16.5 Å². The van der Waals surface area contributed by atoms with E-state index in [0.29, 0.717) is 12.1 Å². The van der Waals surface area contributed by atoms with Gasteiger partial charge in [-0.3, -0.25) is 0 Å². The molecule has 0 spiro atoms. The lowest BCUT2D eigenvalue weighted by atomic mass is 10.1. The molecule has 0 atom stereocenters. The van der Waals surface area contributed by atoms with E-state index >= 15 is 0 Å². The molecule has 0 radical (unpaired) electrons. The van der Waals surface area contributed by atoms with Gasteiger partial charge in [0.2, 0.25) is 10.0 Å². The van der Waals surface area contributed by atoms with E-state index in [2.05, 4.69) is 10.0 Å². The zero-order valence-electron chi connectivity index (χ0n) is 12.3. The third-order valence-corrected chi connectivity index (χ3v) is 6.27. The lowest BCUT2D eigenvalue weighted by molar-refractivity contribution is 0.526. The Morgan fingerprint density at radius 1 is 1.33 bits per heavy atom. The van der Waals surface area contributed by atoms with Crippen LogP contribution in [0.1, 0.15) is 24.0 Å². The first-order valence-electron chi connectivity index (χ1n) is 6.97. The molecule has 0 aliphatic carbocycles. The minimum atomic E-state index is -3.68. The van der Waals surface area contributed by atoms with Crippen molar-refractivity contribution in [2.24, 2.45) is 0 Å². The highest BCUT2D eigenvalue weighted by atomic mass is 32.2. The average Bonchev–Trinajstić information content (AvgIpc) is 2.43. The van der Waals surface area contributed by atoms with Crippen molar-refractivity contribution >= 4 is 21.8 Å². The number of halogens is 1. The fraction of sp³-hybridized carbons (Fsp3) is 0.571. The van der Waals surface area contributed by atoms with Gasteiger partial charge in [0.25, 0.3) is 0 Å². The van der Waals surface area contributed by atoms with E-state index in [1.54, 1.807) is 13.1 Å². The topological polar surface area (TPSA) is 58.2 Å². The second kappa shape index (κ2) is 7.09. The zero-order chi connectivity index (χ0) is 15.5. The molecule has 21 heavy (non-hydrogen) atoms. The van der Waals surface area contributed by atoms with Crippen molar-refractivity contribution < 1.29 is 12.8 Å². The number of rotatable bonds is 5. The van der Waals surface area contributed by atoms with Crippen LogP contribution in [0, 0.1) is 12.7 Å². The van der Waals surface area contributed by atoms with Crippen LogP contribution in [0.3, 0.4) is 0 Å². The smallest absolute Gasteiger partial charge is 0.241 e. The Hall–Kier alpha value is -0.630. The van der Waals surface area contributed by atoms with Gasteiger partial charge in [0.15, 0.2) is 0 Å². The summed E-state index contributed by atoms with van der Waals surface area (Å²) in [5.41, 5.74) is 0.799. The second-order valence-corrected chi connectivity index (χ2v) is 8.15. The van der Waals surface area contributed by atoms with E-state index in [0.717, 1.165) is 24.3 Å². The van der Waals surface area contributed by atoms with E-state index in [4.69, 9.17) is 0 Å². The summed E-state index contributed by atoms with van der Waals surface area (Å²) in [5, 5.41) is 2.91. The number of hydrogen-bond acceptors (Lipinski definition) is 4. The maximum absolute atomic E-state index is 13.9. The largest absolute Gasteiger partial charge is 0.316 e. The molecule has 118 valence electrons. The maximum atomic E-state index is 13.9. The molecule has 1 aromatic carbocycles. The van der Waals surface area contributed by atoms with Gasteiger partial charge in [-0.25, -0.2) is 17.5 Å². The van der Waals surface area contributed by atoms with Gasteiger partial charge in [-0.2, -0.15) is 11.8 Å². The lowest BCUT2D eigenvalue weighted by Crippen LogP contribution is -2.37. The number of benzene rings is 1. The normalized spacial score (nSPS) is 17.1. The van der Waals surface area contributed by atoms with Crippen molar-refractivity contribution in [3.8, 4) is 0 Å². The van der Waals surface area contributed by atoms with Crippen molar-refractivity contribution in [1.29, 1.82) is 0 Å². The molecule has 4 nitrogen and oxygen atoms in total. The van der Waals surface area contributed by atoms with E-state index in [9.17, 15) is 12.8 Å². The highest BCUT2D eigenvalue weighted by Gasteiger charge is 2.25. The van der Waals surface area contributed by atoms with Crippen molar-refractivity contribution in [1.82, 2.24) is 10.0 Å². The van der Waals surface area contributed by atoms with Gasteiger partial charge in [0, 0.05) is 18.2 Å². The summed E-state index contributed by atoms with van der Waals surface area (Å²) in [6.07, 6.45) is 1.64. The third-order valence-electron chi connectivity index (χ3n) is 3.57. The van der Waals surface area contributed by atoms with E-state index < -0.39 is 15.8 Å². The minimum absolute atomic E-state index is 0.0472. The third kappa shape index (κ3) is 4.18. The predicted molar refractivity (Wildman–Crippen MR) is 84.6 cm³/mol. The first-order valence-corrected chi connectivity index (χ1v) is 9.61. The molecule has 7 heteroatoms. The van der Waals surface area contributed by atoms with Crippen LogP contribution in [-0.2, 0) is 16.6 Å². The quantitative estimate of drug-likeness (QED) is 0.866. The van der Waals surface area contributed by atoms with Crippen LogP contribution in [-0.4, -0.2) is 33.0 Å². The van der Waals surface area contributed by atoms with Gasteiger partial charge < -0.3 is 5.32 Å². The van der Waals surface area contributed by atoms with Crippen LogP contribution in [0.25, 0.3) is 0 Å². The maximum Gasteiger partial charge on any atom is 0.241 e. The zero-order valence-corrected chi connectivity index (χ0v) is 13.9. The molecule has 0 saturated carbocycles. The molecule has 1 aliphatic heterocycles. The van der Waals surface area contributed by atoms with Crippen LogP contribution < -0.4 is 10.0 Å². The number of nitrogens with one attached hydrogen (secondary N) is 2. The minimum Gasteiger partial charge on any atom is -0.316 e. The van der Waals surface area contributed by atoms with Gasteiger partial charge in [0.1, 0.15) is 5.82 Å². The van der Waals surface area contributed by atoms with Crippen LogP contribution in [0.5, 0.6) is 0 Å². The molecule has 0 aromatic heterocycles. The molecular formula is C14H21FN2O2S2. The van der Waals surface area contributed by atoms with Crippen LogP contribution in [0.15, 0.2) is 17.0 Å². The number of sulfonamides is 1. The van der Waals surface area contributed by atoms with Crippen molar-refractivity contribution in [3.63, 3.8) is 0 Å². The van der Waals surface area contributed by atoms with Crippen LogP contribution in [0.2, 0.25) is 0 Å². The Morgan fingerprint density at radius 2 is 2.00 bits per heavy atom. The fourth-order valence-corrected chi connectivity index (χ4v) is 5.11. The highest BCUT2D eigenvalue weighted by molar-refractivity contribution is 7.99. The summed E-state index contributed by atoms with van der Waals surface area (Å²) < 4.78 is 41.7. The van der Waals surface area contributed by atoms with Crippen molar-refractivity contribution in [3.05, 3.63) is 29.1 Å². The highest BCUT2D eigenvalue weighted by Crippen LogP contribution is 2.23. The van der Waals surface area contributed by atoms with Crippen LogP contribution >= 0.6 is 11.8 Å². The molecule has 1 fully saturated rings. The van der Waals surface area contributed by atoms with Gasteiger partial charge >= 0.3 is 0 Å². The first-order chi connectivity index (χ1) is 9.94. The molecule has 1 aliphatic rings. The summed E-state index contributed by atoms with van der Waals surface area (Å²) in [4.78, 5) is 0.0472. The monoisotopic (exact) mass is 332 g/mol. The summed E-state index contributed by atoms with van der Waals surface area (Å²) in [6.45, 7) is 1.93. The Balaban J connectivity index is 2.29. The Kier molecular flexibility index (Phi) is 5.65. The van der Waals surface area contributed by atoms with Gasteiger partial charge in [-0.1, -0.05) is 0 Å². The second-order valence-electron chi connectivity index (χ2n) is 5.24. The molecule has 1 saturated heterocycles. The van der Waals surface area contributed by atoms with Gasteiger partial charge in [-0.05, 0) is 56.0 Å². The van der Waals surface area contributed by atoms with E-state index in [1.165, 1.54) is 13.0 Å². The molecule has 0 unspecified atom stereocenters. The SMILES string of the molecule is CNCc1cc(F)c(C)c(S(=O)(=O)NC2CCSCC2)c1. The Morgan fingerprint density at radius 3 is 2.62 bits per heavy atom. The lowest BCUT2D eigenvalue weighted by Gasteiger charge is -2.23. The molecule has 0 bridgehead atoms. The number of hydrogen-bond donors (Lipinski definition) is 2. The summed E-state index contributed by atoms with van der Waals surface area (Å²) >= 11 is 1.83. The van der Waals surface area contributed by atoms with Crippen molar-refractivity contribution in [2.45, 2.75) is 37.2 Å². The molecule has 2 N–H and O–H groups in total.